The molecule has 1 fully saturated rings. The number of nitrogen functional groups attached to an aromatic ring is 2. The number of nitrogens with two attached hydrogens (primary N) is 2. The van der Waals surface area contributed by atoms with E-state index in [1.54, 1.807) is 32.3 Å². The summed E-state index contributed by atoms with van der Waals surface area (Å²) in [6.45, 7) is 3.51. The monoisotopic (exact) mass is 791 g/mol. The van der Waals surface area contributed by atoms with E-state index in [4.69, 9.17) is 11.5 Å². The molecule has 55 heavy (non-hydrogen) atoms. The van der Waals surface area contributed by atoms with Gasteiger partial charge in [-0.25, -0.2) is 38.7 Å². The highest BCUT2D eigenvalue weighted by Crippen LogP contribution is 2.27. The number of hydrogen-bond acceptors (Lipinski definition) is 11. The molecule has 6 N–H and O–H groups in total. The fourth-order valence-electron chi connectivity index (χ4n) is 6.24. The summed E-state index contributed by atoms with van der Waals surface area (Å²) in [4.78, 5) is 38.3. The summed E-state index contributed by atoms with van der Waals surface area (Å²) in [5.74, 6) is 0.731. The SMILES string of the molecule is CC1CCC(NCc2cc(F)cc(-c3ccc4ncnc(N)c4n3)c2)CC1.CN(C)C(=O)CNCc1cc(F)cc(-c2ccc3ncnc(N)c3n2)c1.Cl.Cl. The van der Waals surface area contributed by atoms with Gasteiger partial charge in [0.25, 0.3) is 0 Å². The van der Waals surface area contributed by atoms with E-state index < -0.39 is 0 Å². The zero-order valence-electron chi connectivity index (χ0n) is 30.8. The summed E-state index contributed by atoms with van der Waals surface area (Å²) in [7, 11) is 3.37. The molecule has 0 aliphatic heterocycles. The molecule has 1 amide bonds. The third-order valence-corrected chi connectivity index (χ3v) is 9.24. The van der Waals surface area contributed by atoms with Gasteiger partial charge in [0, 0.05) is 44.4 Å². The summed E-state index contributed by atoms with van der Waals surface area (Å²) in [6.07, 6.45) is 7.69. The van der Waals surface area contributed by atoms with E-state index in [2.05, 4.69) is 47.5 Å². The third-order valence-electron chi connectivity index (χ3n) is 9.24. The Hall–Kier alpha value is -5.15. The van der Waals surface area contributed by atoms with Crippen molar-refractivity contribution in [2.24, 2.45) is 5.92 Å². The van der Waals surface area contributed by atoms with Crippen molar-refractivity contribution < 1.29 is 13.6 Å². The summed E-state index contributed by atoms with van der Waals surface area (Å²) in [5.41, 5.74) is 18.3. The van der Waals surface area contributed by atoms with Gasteiger partial charge in [-0.15, -0.1) is 24.8 Å². The number of anilines is 2. The van der Waals surface area contributed by atoms with Crippen LogP contribution in [-0.4, -0.2) is 67.4 Å². The number of benzene rings is 2. The summed E-state index contributed by atoms with van der Waals surface area (Å²) < 4.78 is 28.3. The van der Waals surface area contributed by atoms with Gasteiger partial charge in [0.1, 0.15) is 35.3 Å². The van der Waals surface area contributed by atoms with Crippen LogP contribution in [0.4, 0.5) is 20.4 Å². The first kappa shape index (κ1) is 42.6. The number of fused-ring (bicyclic) bond motifs is 2. The molecule has 0 unspecified atom stereocenters. The van der Waals surface area contributed by atoms with Gasteiger partial charge in [-0.3, -0.25) is 4.79 Å². The highest BCUT2D eigenvalue weighted by Gasteiger charge is 2.18. The first-order valence-corrected chi connectivity index (χ1v) is 17.5. The molecule has 6 aromatic rings. The van der Waals surface area contributed by atoms with E-state index >= 15 is 0 Å². The Bertz CT molecular complexity index is 2240. The van der Waals surface area contributed by atoms with Crippen LogP contribution in [0.1, 0.15) is 43.7 Å². The number of halogens is 4. The summed E-state index contributed by atoms with van der Waals surface area (Å²) >= 11 is 0. The van der Waals surface area contributed by atoms with Crippen molar-refractivity contribution in [1.29, 1.82) is 0 Å². The summed E-state index contributed by atoms with van der Waals surface area (Å²) in [6, 6.07) is 17.4. The van der Waals surface area contributed by atoms with Crippen molar-refractivity contribution in [3.63, 3.8) is 0 Å². The second-order valence-corrected chi connectivity index (χ2v) is 13.6. The minimum atomic E-state index is -0.377. The Morgan fingerprint density at radius 1 is 0.727 bits per heavy atom. The van der Waals surface area contributed by atoms with E-state index in [1.165, 1.54) is 61.4 Å². The second-order valence-electron chi connectivity index (χ2n) is 13.6. The smallest absolute Gasteiger partial charge is 0.236 e. The first-order valence-electron chi connectivity index (χ1n) is 17.5. The van der Waals surface area contributed by atoms with Crippen molar-refractivity contribution in [2.45, 2.75) is 51.7 Å². The molecule has 1 aliphatic carbocycles. The maximum absolute atomic E-state index is 14.2. The number of carbonyl (C=O) groups excluding carboxylic acids is 1. The number of carbonyl (C=O) groups is 1. The van der Waals surface area contributed by atoms with E-state index in [1.807, 2.05) is 24.3 Å². The van der Waals surface area contributed by atoms with E-state index in [9.17, 15) is 13.6 Å². The quantitative estimate of drug-likeness (QED) is 0.126. The number of nitrogens with one attached hydrogen (secondary N) is 2. The number of amides is 1. The maximum Gasteiger partial charge on any atom is 0.236 e. The van der Waals surface area contributed by atoms with Crippen molar-refractivity contribution in [2.75, 3.05) is 32.1 Å². The molecule has 0 radical (unpaired) electrons. The first-order chi connectivity index (χ1) is 25.5. The molecule has 1 aliphatic rings. The lowest BCUT2D eigenvalue weighted by Crippen LogP contribution is -2.32. The molecule has 4 aromatic heterocycles. The topological polar surface area (TPSA) is 174 Å². The Morgan fingerprint density at radius 2 is 1.22 bits per heavy atom. The molecule has 2 aromatic carbocycles. The molecule has 7 rings (SSSR count). The minimum Gasteiger partial charge on any atom is -0.382 e. The second kappa shape index (κ2) is 19.4. The lowest BCUT2D eigenvalue weighted by molar-refractivity contribution is -0.127. The normalized spacial score (nSPS) is 15.0. The van der Waals surface area contributed by atoms with Gasteiger partial charge >= 0.3 is 0 Å². The highest BCUT2D eigenvalue weighted by molar-refractivity contribution is 5.87. The molecule has 0 spiro atoms. The Morgan fingerprint density at radius 3 is 1.71 bits per heavy atom. The highest BCUT2D eigenvalue weighted by atomic mass is 35.5. The third kappa shape index (κ3) is 11.2. The maximum atomic E-state index is 14.2. The molecular formula is C39H45Cl2F2N11O. The molecule has 4 heterocycles. The van der Waals surface area contributed by atoms with Gasteiger partial charge in [-0.1, -0.05) is 6.92 Å². The zero-order chi connectivity index (χ0) is 37.5. The van der Waals surface area contributed by atoms with Gasteiger partial charge < -0.3 is 27.0 Å². The fraction of sp³-hybridized carbons (Fsp3) is 0.308. The van der Waals surface area contributed by atoms with Crippen LogP contribution in [0.25, 0.3) is 44.6 Å². The van der Waals surface area contributed by atoms with E-state index in [0.29, 0.717) is 69.5 Å². The molecular weight excluding hydrogens is 747 g/mol. The number of nitrogens with zero attached hydrogens (tertiary/aromatic N) is 7. The molecule has 16 heteroatoms. The standard InChI is InChI=1S/C21H24FN5.C18H19FN6O.2ClH/c1-13-2-4-17(5-3-13)24-11-14-8-15(10-16(22)9-14)18-6-7-19-20(27-18)21(23)26-12-25-19;1-25(2)16(26)9-21-8-11-5-12(7-13(19)6-11)14-3-4-15-17(24-14)18(20)23-10-22-15;;/h6-10,12-13,17,24H,2-5,11H2,1H3,(H2,23,25,26);3-7,10,21H,8-9H2,1-2H3,(H2,20,22,23);2*1H. The molecule has 0 saturated heterocycles. The number of pyridine rings is 2. The van der Waals surface area contributed by atoms with Crippen LogP contribution < -0.4 is 22.1 Å². The summed E-state index contributed by atoms with van der Waals surface area (Å²) in [5, 5.41) is 6.59. The van der Waals surface area contributed by atoms with Crippen molar-refractivity contribution in [3.05, 3.63) is 96.1 Å². The van der Waals surface area contributed by atoms with Crippen molar-refractivity contribution in [1.82, 2.24) is 45.4 Å². The minimum absolute atomic E-state index is 0. The average Bonchev–Trinajstić information content (AvgIpc) is 3.14. The van der Waals surface area contributed by atoms with Crippen LogP contribution in [0.15, 0.2) is 73.3 Å². The lowest BCUT2D eigenvalue weighted by Gasteiger charge is -2.27. The molecule has 0 bridgehead atoms. The van der Waals surface area contributed by atoms with Gasteiger partial charge in [-0.05, 0) is 103 Å². The predicted octanol–water partition coefficient (Wildman–Crippen LogP) is 6.52. The van der Waals surface area contributed by atoms with Crippen molar-refractivity contribution in [3.8, 4) is 22.5 Å². The fourth-order valence-corrected chi connectivity index (χ4v) is 6.24. The van der Waals surface area contributed by atoms with Gasteiger partial charge in [0.05, 0.1) is 29.0 Å². The van der Waals surface area contributed by atoms with Crippen LogP contribution in [0.2, 0.25) is 0 Å². The van der Waals surface area contributed by atoms with Crippen LogP contribution in [0, 0.1) is 17.6 Å². The Balaban J connectivity index is 0.000000236. The van der Waals surface area contributed by atoms with Gasteiger partial charge in [-0.2, -0.15) is 0 Å². The average molecular weight is 793 g/mol. The Kier molecular flexibility index (Phi) is 15.1. The van der Waals surface area contributed by atoms with Crippen LogP contribution in [0.5, 0.6) is 0 Å². The molecule has 0 atom stereocenters. The van der Waals surface area contributed by atoms with E-state index in [-0.39, 0.29) is 54.7 Å². The molecule has 12 nitrogen and oxygen atoms in total. The van der Waals surface area contributed by atoms with Gasteiger partial charge in [0.15, 0.2) is 11.6 Å². The lowest BCUT2D eigenvalue weighted by atomic mass is 9.87. The van der Waals surface area contributed by atoms with Crippen LogP contribution in [-0.2, 0) is 17.9 Å². The molecule has 1 saturated carbocycles. The predicted molar refractivity (Wildman–Crippen MR) is 217 cm³/mol. The number of likely N-dealkylation sites (N-methyl/N-ethyl adjacent to an activating group) is 1. The van der Waals surface area contributed by atoms with Gasteiger partial charge in [0.2, 0.25) is 5.91 Å². The Labute approximate surface area is 330 Å². The zero-order valence-corrected chi connectivity index (χ0v) is 32.4. The largest absolute Gasteiger partial charge is 0.382 e. The van der Waals surface area contributed by atoms with E-state index in [0.717, 1.165) is 17.0 Å². The molecule has 290 valence electrons. The van der Waals surface area contributed by atoms with Crippen LogP contribution in [0.3, 0.4) is 0 Å². The number of hydrogen-bond donors (Lipinski definition) is 4. The number of rotatable bonds is 9. The van der Waals surface area contributed by atoms with Crippen LogP contribution >= 0.6 is 24.8 Å². The number of aromatic nitrogens is 6. The van der Waals surface area contributed by atoms with Crippen molar-refractivity contribution >= 4 is 64.4 Å².